The van der Waals surface area contributed by atoms with Crippen molar-refractivity contribution in [3.8, 4) is 11.4 Å². The van der Waals surface area contributed by atoms with E-state index in [0.717, 1.165) is 61.2 Å². The second kappa shape index (κ2) is 8.48. The molecule has 1 aliphatic rings. The Hall–Kier alpha value is -2.86. The van der Waals surface area contributed by atoms with Gasteiger partial charge in [0.05, 0.1) is 5.56 Å². The Morgan fingerprint density at radius 2 is 1.80 bits per heavy atom. The van der Waals surface area contributed by atoms with Crippen LogP contribution in [0.3, 0.4) is 0 Å². The molecule has 1 aliphatic heterocycles. The monoisotopic (exact) mass is 411 g/mol. The fourth-order valence-corrected chi connectivity index (χ4v) is 3.99. The van der Waals surface area contributed by atoms with Crippen molar-refractivity contribution in [2.75, 3.05) is 13.1 Å². The third-order valence-electron chi connectivity index (χ3n) is 5.71. The Labute approximate surface area is 174 Å². The molecule has 6 heteroatoms. The van der Waals surface area contributed by atoms with E-state index in [4.69, 9.17) is 0 Å². The molecule has 1 aromatic heterocycles. The number of benzene rings is 2. The number of nitrogens with one attached hydrogen (secondary N) is 1. The summed E-state index contributed by atoms with van der Waals surface area (Å²) in [5, 5.41) is 0. The summed E-state index contributed by atoms with van der Waals surface area (Å²) >= 11 is 0. The summed E-state index contributed by atoms with van der Waals surface area (Å²) in [6, 6.07) is 15.5. The van der Waals surface area contributed by atoms with Crippen LogP contribution in [0.5, 0.6) is 0 Å². The summed E-state index contributed by atoms with van der Waals surface area (Å²) < 4.78 is 39.0. The SMILES string of the molecule is C=C(c1cccc(C(F)(F)F)c1)C1CCN(Cc2cnc(-c3ccccc3)[nH]2)CC1. The molecular formula is C24H24F3N3. The van der Waals surface area contributed by atoms with Gasteiger partial charge in [-0.25, -0.2) is 4.98 Å². The standard InChI is InChI=1S/C24H24F3N3/c1-17(20-8-5-9-21(14-20)24(25,26)27)18-10-12-30(13-11-18)16-22-15-28-23(29-22)19-6-3-2-4-7-19/h2-9,14-15,18H,1,10-13,16H2,(H,28,29). The van der Waals surface area contributed by atoms with Crippen molar-refractivity contribution in [1.82, 2.24) is 14.9 Å². The molecule has 3 aromatic rings. The van der Waals surface area contributed by atoms with Crippen LogP contribution in [-0.2, 0) is 12.7 Å². The van der Waals surface area contributed by atoms with Crippen LogP contribution in [0.2, 0.25) is 0 Å². The lowest BCUT2D eigenvalue weighted by atomic mass is 9.85. The van der Waals surface area contributed by atoms with Crippen LogP contribution in [0.1, 0.15) is 29.7 Å². The van der Waals surface area contributed by atoms with Crippen molar-refractivity contribution >= 4 is 5.57 Å². The van der Waals surface area contributed by atoms with Crippen molar-refractivity contribution in [2.45, 2.75) is 25.6 Å². The van der Waals surface area contributed by atoms with Crippen LogP contribution >= 0.6 is 0 Å². The molecule has 0 spiro atoms. The van der Waals surface area contributed by atoms with Crippen molar-refractivity contribution in [3.05, 3.63) is 84.2 Å². The van der Waals surface area contributed by atoms with E-state index in [1.807, 2.05) is 36.5 Å². The van der Waals surface area contributed by atoms with Crippen LogP contribution < -0.4 is 0 Å². The first-order valence-electron chi connectivity index (χ1n) is 10.1. The third kappa shape index (κ3) is 4.65. The van der Waals surface area contributed by atoms with E-state index < -0.39 is 11.7 Å². The predicted molar refractivity (Wildman–Crippen MR) is 113 cm³/mol. The fraction of sp³-hybridized carbons (Fsp3) is 0.292. The number of rotatable bonds is 5. The van der Waals surface area contributed by atoms with Gasteiger partial charge in [-0.3, -0.25) is 4.90 Å². The van der Waals surface area contributed by atoms with Gasteiger partial charge < -0.3 is 4.98 Å². The number of hydrogen-bond donors (Lipinski definition) is 1. The molecule has 0 atom stereocenters. The molecule has 1 N–H and O–H groups in total. The zero-order chi connectivity index (χ0) is 21.1. The number of likely N-dealkylation sites (tertiary alicyclic amines) is 1. The molecule has 0 amide bonds. The Morgan fingerprint density at radius 1 is 1.07 bits per heavy atom. The molecule has 4 rings (SSSR count). The topological polar surface area (TPSA) is 31.9 Å². The summed E-state index contributed by atoms with van der Waals surface area (Å²) in [5.74, 6) is 1.06. The zero-order valence-electron chi connectivity index (χ0n) is 16.6. The minimum atomic E-state index is -4.33. The molecule has 156 valence electrons. The van der Waals surface area contributed by atoms with E-state index in [-0.39, 0.29) is 5.92 Å². The van der Waals surface area contributed by atoms with Crippen LogP contribution in [0.4, 0.5) is 13.2 Å². The van der Waals surface area contributed by atoms with Gasteiger partial charge in [0.2, 0.25) is 0 Å². The van der Waals surface area contributed by atoms with Gasteiger partial charge >= 0.3 is 6.18 Å². The smallest absolute Gasteiger partial charge is 0.341 e. The molecule has 0 unspecified atom stereocenters. The highest BCUT2D eigenvalue weighted by atomic mass is 19.4. The van der Waals surface area contributed by atoms with Gasteiger partial charge in [0, 0.05) is 24.0 Å². The van der Waals surface area contributed by atoms with E-state index in [2.05, 4.69) is 21.4 Å². The Kier molecular flexibility index (Phi) is 5.77. The Bertz CT molecular complexity index is 1000. The number of aromatic amines is 1. The lowest BCUT2D eigenvalue weighted by Gasteiger charge is -2.32. The number of aromatic nitrogens is 2. The number of alkyl halides is 3. The summed E-state index contributed by atoms with van der Waals surface area (Å²) in [4.78, 5) is 10.2. The minimum absolute atomic E-state index is 0.200. The minimum Gasteiger partial charge on any atom is -0.341 e. The number of imidazole rings is 1. The molecule has 2 heterocycles. The molecule has 0 bridgehead atoms. The summed E-state index contributed by atoms with van der Waals surface area (Å²) in [6.07, 6.45) is -0.693. The molecule has 0 radical (unpaired) electrons. The first-order valence-corrected chi connectivity index (χ1v) is 10.1. The third-order valence-corrected chi connectivity index (χ3v) is 5.71. The average Bonchev–Trinajstić information content (AvgIpc) is 3.22. The van der Waals surface area contributed by atoms with Crippen LogP contribution in [0.25, 0.3) is 17.0 Å². The lowest BCUT2D eigenvalue weighted by molar-refractivity contribution is -0.137. The van der Waals surface area contributed by atoms with Crippen LogP contribution in [0, 0.1) is 5.92 Å². The van der Waals surface area contributed by atoms with Gasteiger partial charge in [-0.2, -0.15) is 13.2 Å². The molecule has 1 saturated heterocycles. The quantitative estimate of drug-likeness (QED) is 0.557. The number of nitrogens with zero attached hydrogens (tertiary/aromatic N) is 2. The summed E-state index contributed by atoms with van der Waals surface area (Å²) in [7, 11) is 0. The van der Waals surface area contributed by atoms with Gasteiger partial charge in [-0.05, 0) is 55.1 Å². The van der Waals surface area contributed by atoms with E-state index >= 15 is 0 Å². The lowest BCUT2D eigenvalue weighted by Crippen LogP contribution is -2.33. The number of allylic oxidation sites excluding steroid dienone is 1. The highest BCUT2D eigenvalue weighted by Crippen LogP contribution is 2.35. The van der Waals surface area contributed by atoms with E-state index in [1.54, 1.807) is 6.07 Å². The summed E-state index contributed by atoms with van der Waals surface area (Å²) in [6.45, 7) is 6.65. The predicted octanol–water partition coefficient (Wildman–Crippen LogP) is 6.02. The number of piperidine rings is 1. The van der Waals surface area contributed by atoms with Gasteiger partial charge in [0.15, 0.2) is 0 Å². The highest BCUT2D eigenvalue weighted by molar-refractivity contribution is 5.66. The molecule has 0 saturated carbocycles. The molecule has 30 heavy (non-hydrogen) atoms. The maximum absolute atomic E-state index is 13.0. The summed E-state index contributed by atoms with van der Waals surface area (Å²) in [5.41, 5.74) is 2.88. The highest BCUT2D eigenvalue weighted by Gasteiger charge is 2.31. The Balaban J connectivity index is 1.34. The zero-order valence-corrected chi connectivity index (χ0v) is 16.6. The molecule has 1 fully saturated rings. The normalized spacial score (nSPS) is 16.0. The number of hydrogen-bond acceptors (Lipinski definition) is 2. The molecule has 0 aliphatic carbocycles. The maximum Gasteiger partial charge on any atom is 0.416 e. The van der Waals surface area contributed by atoms with Gasteiger partial charge in [-0.1, -0.05) is 49.0 Å². The first-order chi connectivity index (χ1) is 14.4. The van der Waals surface area contributed by atoms with Crippen molar-refractivity contribution in [1.29, 1.82) is 0 Å². The van der Waals surface area contributed by atoms with Gasteiger partial charge in [-0.15, -0.1) is 0 Å². The van der Waals surface area contributed by atoms with Crippen LogP contribution in [-0.4, -0.2) is 28.0 Å². The fourth-order valence-electron chi connectivity index (χ4n) is 3.99. The molecule has 3 nitrogen and oxygen atoms in total. The average molecular weight is 411 g/mol. The largest absolute Gasteiger partial charge is 0.416 e. The van der Waals surface area contributed by atoms with Crippen molar-refractivity contribution < 1.29 is 13.2 Å². The van der Waals surface area contributed by atoms with Crippen LogP contribution in [0.15, 0.2) is 67.4 Å². The second-order valence-electron chi connectivity index (χ2n) is 7.78. The number of H-pyrrole nitrogens is 1. The van der Waals surface area contributed by atoms with Crippen molar-refractivity contribution in [2.24, 2.45) is 5.92 Å². The van der Waals surface area contributed by atoms with E-state index in [9.17, 15) is 13.2 Å². The molecular weight excluding hydrogens is 387 g/mol. The van der Waals surface area contributed by atoms with E-state index in [1.165, 1.54) is 12.1 Å². The Morgan fingerprint density at radius 3 is 2.50 bits per heavy atom. The van der Waals surface area contributed by atoms with Crippen molar-refractivity contribution in [3.63, 3.8) is 0 Å². The maximum atomic E-state index is 13.0. The molecule has 2 aromatic carbocycles. The first kappa shape index (κ1) is 20.4. The number of halogens is 3. The van der Waals surface area contributed by atoms with Gasteiger partial charge in [0.1, 0.15) is 5.82 Å². The second-order valence-corrected chi connectivity index (χ2v) is 7.78. The van der Waals surface area contributed by atoms with Gasteiger partial charge in [0.25, 0.3) is 0 Å². The van der Waals surface area contributed by atoms with E-state index in [0.29, 0.717) is 5.56 Å².